The van der Waals surface area contributed by atoms with Crippen molar-refractivity contribution in [3.8, 4) is 6.07 Å². The van der Waals surface area contributed by atoms with Gasteiger partial charge in [-0.15, -0.1) is 0 Å². The van der Waals surface area contributed by atoms with Crippen LogP contribution in [0.1, 0.15) is 25.8 Å². The Hall–Kier alpha value is -2.13. The Morgan fingerprint density at radius 2 is 2.29 bits per heavy atom. The fourth-order valence-electron chi connectivity index (χ4n) is 2.06. The van der Waals surface area contributed by atoms with Crippen LogP contribution in [-0.2, 0) is 11.3 Å². The molecule has 2 N–H and O–H groups in total. The Labute approximate surface area is 128 Å². The molecule has 0 radical (unpaired) electrons. The van der Waals surface area contributed by atoms with E-state index in [1.807, 2.05) is 10.6 Å². The minimum absolute atomic E-state index is 0.0105. The van der Waals surface area contributed by atoms with Crippen molar-refractivity contribution in [2.45, 2.75) is 26.8 Å². The number of imidazole rings is 1. The van der Waals surface area contributed by atoms with E-state index in [4.69, 9.17) is 17.5 Å². The number of H-pyrrole nitrogens is 1. The van der Waals surface area contributed by atoms with Crippen molar-refractivity contribution < 1.29 is 4.79 Å². The van der Waals surface area contributed by atoms with Crippen molar-refractivity contribution in [1.82, 2.24) is 14.9 Å². The molecular weight excluding hydrogens is 284 g/mol. The van der Waals surface area contributed by atoms with Crippen LogP contribution in [0.4, 0.5) is 0 Å². The van der Waals surface area contributed by atoms with E-state index in [1.165, 1.54) is 0 Å². The lowest BCUT2D eigenvalue weighted by Gasteiger charge is -2.08. The number of fused-ring (bicyclic) bond motifs is 1. The number of carbonyl (C=O) groups is 1. The van der Waals surface area contributed by atoms with Crippen molar-refractivity contribution in [1.29, 1.82) is 5.26 Å². The van der Waals surface area contributed by atoms with Crippen molar-refractivity contribution in [2.24, 2.45) is 5.92 Å². The maximum absolute atomic E-state index is 11.8. The van der Waals surface area contributed by atoms with Crippen molar-refractivity contribution in [3.05, 3.63) is 28.5 Å². The van der Waals surface area contributed by atoms with Gasteiger partial charge in [-0.1, -0.05) is 13.8 Å². The van der Waals surface area contributed by atoms with Gasteiger partial charge in [0.05, 0.1) is 22.7 Å². The topological polar surface area (TPSA) is 73.6 Å². The highest BCUT2D eigenvalue weighted by Gasteiger charge is 2.08. The predicted octanol–water partition coefficient (Wildman–Crippen LogP) is 2.73. The molecule has 2 aromatic rings. The molecule has 0 spiro atoms. The van der Waals surface area contributed by atoms with Gasteiger partial charge in [0.2, 0.25) is 5.91 Å². The first-order valence-electron chi connectivity index (χ1n) is 6.90. The maximum atomic E-state index is 11.8. The second-order valence-corrected chi connectivity index (χ2v) is 5.76. The lowest BCUT2D eigenvalue weighted by atomic mass is 10.2. The molecule has 0 aliphatic heterocycles. The standard InChI is InChI=1S/C15H18N4OS/c1-10(2)9-17-14(20)5-6-19-13-7-11(8-16)3-4-12(13)18-15(19)21/h3-4,7,10H,5-6,9H2,1-2H3,(H,17,20)(H,18,21). The van der Waals surface area contributed by atoms with Crippen LogP contribution >= 0.6 is 12.2 Å². The summed E-state index contributed by atoms with van der Waals surface area (Å²) >= 11 is 5.28. The minimum Gasteiger partial charge on any atom is -0.356 e. The van der Waals surface area contributed by atoms with Crippen LogP contribution in [0.15, 0.2) is 18.2 Å². The van der Waals surface area contributed by atoms with Crippen molar-refractivity contribution >= 4 is 29.2 Å². The Kier molecular flexibility index (Phi) is 4.76. The molecule has 5 nitrogen and oxygen atoms in total. The lowest BCUT2D eigenvalue weighted by molar-refractivity contribution is -0.121. The van der Waals surface area contributed by atoms with Gasteiger partial charge in [-0.05, 0) is 36.3 Å². The van der Waals surface area contributed by atoms with E-state index in [2.05, 4.69) is 30.2 Å². The molecule has 0 saturated carbocycles. The first kappa shape index (κ1) is 15.3. The second kappa shape index (κ2) is 6.55. The molecule has 1 aromatic heterocycles. The Morgan fingerprint density at radius 1 is 1.52 bits per heavy atom. The quantitative estimate of drug-likeness (QED) is 0.834. The molecule has 110 valence electrons. The van der Waals surface area contributed by atoms with Crippen LogP contribution in [0.2, 0.25) is 0 Å². The molecule has 6 heteroatoms. The van der Waals surface area contributed by atoms with Crippen molar-refractivity contribution in [3.63, 3.8) is 0 Å². The summed E-state index contributed by atoms with van der Waals surface area (Å²) in [5.41, 5.74) is 2.31. The van der Waals surface area contributed by atoms with E-state index >= 15 is 0 Å². The maximum Gasteiger partial charge on any atom is 0.221 e. The molecule has 0 fully saturated rings. The van der Waals surface area contributed by atoms with E-state index < -0.39 is 0 Å². The second-order valence-electron chi connectivity index (χ2n) is 5.37. The van der Waals surface area contributed by atoms with Crippen molar-refractivity contribution in [2.75, 3.05) is 6.54 Å². The molecular formula is C15H18N4OS. The van der Waals surface area contributed by atoms with E-state index in [9.17, 15) is 4.79 Å². The summed E-state index contributed by atoms with van der Waals surface area (Å²) in [4.78, 5) is 14.9. The SMILES string of the molecule is CC(C)CNC(=O)CCn1c(=S)[nH]c2ccc(C#N)cc21. The number of aromatic nitrogens is 2. The first-order chi connectivity index (χ1) is 10.0. The number of aromatic amines is 1. The highest BCUT2D eigenvalue weighted by atomic mass is 32.1. The number of aryl methyl sites for hydroxylation is 1. The number of nitriles is 1. The van der Waals surface area contributed by atoms with Gasteiger partial charge in [0, 0.05) is 19.5 Å². The normalized spacial score (nSPS) is 10.8. The van der Waals surface area contributed by atoms with Gasteiger partial charge in [-0.2, -0.15) is 5.26 Å². The summed E-state index contributed by atoms with van der Waals surface area (Å²) in [6, 6.07) is 7.47. The summed E-state index contributed by atoms with van der Waals surface area (Å²) in [6.07, 6.45) is 0.366. The molecule has 0 atom stereocenters. The van der Waals surface area contributed by atoms with Crippen LogP contribution in [0.25, 0.3) is 11.0 Å². The number of benzene rings is 1. The largest absolute Gasteiger partial charge is 0.356 e. The van der Waals surface area contributed by atoms with E-state index in [1.54, 1.807) is 12.1 Å². The number of nitrogens with one attached hydrogen (secondary N) is 2. The molecule has 0 bridgehead atoms. The average molecular weight is 302 g/mol. The number of amides is 1. The van der Waals surface area contributed by atoms with Gasteiger partial charge >= 0.3 is 0 Å². The lowest BCUT2D eigenvalue weighted by Crippen LogP contribution is -2.28. The van der Waals surface area contributed by atoms with Crippen LogP contribution in [0.5, 0.6) is 0 Å². The van der Waals surface area contributed by atoms with Crippen LogP contribution in [0.3, 0.4) is 0 Å². The third-order valence-corrected chi connectivity index (χ3v) is 3.50. The van der Waals surface area contributed by atoms with Gasteiger partial charge in [0.25, 0.3) is 0 Å². The van der Waals surface area contributed by atoms with Gasteiger partial charge in [-0.25, -0.2) is 0 Å². The zero-order valence-corrected chi connectivity index (χ0v) is 13.0. The van der Waals surface area contributed by atoms with Crippen LogP contribution in [0, 0.1) is 22.0 Å². The number of carbonyl (C=O) groups excluding carboxylic acids is 1. The minimum atomic E-state index is 0.0105. The molecule has 0 aliphatic carbocycles. The predicted molar refractivity (Wildman–Crippen MR) is 84.3 cm³/mol. The fourth-order valence-corrected chi connectivity index (χ4v) is 2.36. The average Bonchev–Trinajstić information content (AvgIpc) is 2.77. The summed E-state index contributed by atoms with van der Waals surface area (Å²) in [5.74, 6) is 0.443. The Balaban J connectivity index is 2.15. The monoisotopic (exact) mass is 302 g/mol. The third-order valence-electron chi connectivity index (χ3n) is 3.17. The Morgan fingerprint density at radius 3 is 2.95 bits per heavy atom. The zero-order chi connectivity index (χ0) is 15.4. The first-order valence-corrected chi connectivity index (χ1v) is 7.31. The van der Waals surface area contributed by atoms with E-state index in [-0.39, 0.29) is 5.91 Å². The molecule has 0 unspecified atom stereocenters. The van der Waals surface area contributed by atoms with Crippen LogP contribution in [-0.4, -0.2) is 22.0 Å². The van der Waals surface area contributed by atoms with E-state index in [0.717, 1.165) is 11.0 Å². The number of rotatable bonds is 5. The molecule has 2 rings (SSSR count). The molecule has 1 amide bonds. The summed E-state index contributed by atoms with van der Waals surface area (Å²) in [7, 11) is 0. The molecule has 1 heterocycles. The third kappa shape index (κ3) is 3.70. The van der Waals surface area contributed by atoms with Gasteiger partial charge in [0.1, 0.15) is 0 Å². The molecule has 1 aromatic carbocycles. The van der Waals surface area contributed by atoms with Gasteiger partial charge in [-0.3, -0.25) is 4.79 Å². The zero-order valence-electron chi connectivity index (χ0n) is 12.1. The highest BCUT2D eigenvalue weighted by Crippen LogP contribution is 2.16. The van der Waals surface area contributed by atoms with E-state index in [0.29, 0.717) is 35.8 Å². The highest BCUT2D eigenvalue weighted by molar-refractivity contribution is 7.71. The molecule has 0 aliphatic rings. The van der Waals surface area contributed by atoms with Gasteiger partial charge < -0.3 is 14.9 Å². The smallest absolute Gasteiger partial charge is 0.221 e. The summed E-state index contributed by atoms with van der Waals surface area (Å²) in [6.45, 7) is 5.28. The number of nitrogens with zero attached hydrogens (tertiary/aromatic N) is 2. The molecule has 21 heavy (non-hydrogen) atoms. The summed E-state index contributed by atoms with van der Waals surface area (Å²) in [5, 5.41) is 11.9. The number of hydrogen-bond donors (Lipinski definition) is 2. The summed E-state index contributed by atoms with van der Waals surface area (Å²) < 4.78 is 2.43. The van der Waals surface area contributed by atoms with Crippen LogP contribution < -0.4 is 5.32 Å². The Bertz CT molecular complexity index is 751. The van der Waals surface area contributed by atoms with Gasteiger partial charge in [0.15, 0.2) is 4.77 Å². The molecule has 0 saturated heterocycles. The number of hydrogen-bond acceptors (Lipinski definition) is 3. The fraction of sp³-hybridized carbons (Fsp3) is 0.400.